The SMILES string of the molecule is CCN(CC)S(=O)(=O)c1scc(Nc2nsnc2N[C@@H](c2cc(C(C)C)cs2)C(C)C)c1O. The van der Waals surface area contributed by atoms with Crippen molar-refractivity contribution in [2.24, 2.45) is 5.92 Å². The maximum atomic E-state index is 12.8. The van der Waals surface area contributed by atoms with Crippen LogP contribution in [0.5, 0.6) is 5.75 Å². The van der Waals surface area contributed by atoms with Gasteiger partial charge in [-0.05, 0) is 28.8 Å². The number of anilines is 3. The number of rotatable bonds is 11. The van der Waals surface area contributed by atoms with Crippen LogP contribution in [0.4, 0.5) is 17.3 Å². The number of nitrogens with zero attached hydrogens (tertiary/aromatic N) is 3. The summed E-state index contributed by atoms with van der Waals surface area (Å²) in [6.07, 6.45) is 0. The van der Waals surface area contributed by atoms with E-state index in [1.807, 2.05) is 0 Å². The predicted octanol–water partition coefficient (Wildman–Crippen LogP) is 6.07. The second kappa shape index (κ2) is 10.7. The molecule has 0 aromatic carbocycles. The molecule has 0 spiro atoms. The van der Waals surface area contributed by atoms with Gasteiger partial charge in [0.05, 0.1) is 23.5 Å². The highest BCUT2D eigenvalue weighted by Gasteiger charge is 2.29. The molecule has 0 aliphatic heterocycles. The molecule has 0 unspecified atom stereocenters. The van der Waals surface area contributed by atoms with Gasteiger partial charge in [0.2, 0.25) is 0 Å². The van der Waals surface area contributed by atoms with E-state index in [2.05, 4.69) is 58.5 Å². The van der Waals surface area contributed by atoms with Crippen LogP contribution in [0.3, 0.4) is 0 Å². The van der Waals surface area contributed by atoms with Crippen molar-refractivity contribution in [1.82, 2.24) is 13.1 Å². The van der Waals surface area contributed by atoms with Gasteiger partial charge in [0, 0.05) is 23.3 Å². The molecule has 3 rings (SSSR count). The number of hydrogen-bond acceptors (Lipinski definition) is 10. The zero-order valence-electron chi connectivity index (χ0n) is 19.6. The number of sulfonamides is 1. The number of hydrogen-bond donors (Lipinski definition) is 3. The summed E-state index contributed by atoms with van der Waals surface area (Å²) < 4.78 is 35.6. The van der Waals surface area contributed by atoms with Gasteiger partial charge in [-0.1, -0.05) is 41.5 Å². The Kier molecular flexibility index (Phi) is 8.38. The summed E-state index contributed by atoms with van der Waals surface area (Å²) in [6, 6.07) is 2.27. The topological polar surface area (TPSA) is 107 Å². The van der Waals surface area contributed by atoms with E-state index >= 15 is 0 Å². The number of aromatic nitrogens is 2. The van der Waals surface area contributed by atoms with Crippen molar-refractivity contribution in [3.63, 3.8) is 0 Å². The molecule has 0 amide bonds. The molecule has 0 radical (unpaired) electrons. The molecule has 0 saturated carbocycles. The summed E-state index contributed by atoms with van der Waals surface area (Å²) in [5, 5.41) is 21.0. The summed E-state index contributed by atoms with van der Waals surface area (Å²) in [6.45, 7) is 12.9. The molecule has 3 heterocycles. The lowest BCUT2D eigenvalue weighted by Crippen LogP contribution is -2.30. The van der Waals surface area contributed by atoms with E-state index < -0.39 is 10.0 Å². The smallest absolute Gasteiger partial charge is 0.256 e. The van der Waals surface area contributed by atoms with E-state index in [4.69, 9.17) is 0 Å². The van der Waals surface area contributed by atoms with Gasteiger partial charge in [-0.2, -0.15) is 13.1 Å². The van der Waals surface area contributed by atoms with E-state index in [0.717, 1.165) is 23.1 Å². The summed E-state index contributed by atoms with van der Waals surface area (Å²) >= 11 is 3.76. The van der Waals surface area contributed by atoms with Gasteiger partial charge in [0.1, 0.15) is 0 Å². The van der Waals surface area contributed by atoms with Crippen molar-refractivity contribution in [2.75, 3.05) is 23.7 Å². The molecule has 33 heavy (non-hydrogen) atoms. The molecule has 3 aromatic rings. The zero-order chi connectivity index (χ0) is 24.3. The second-order valence-corrected chi connectivity index (χ2v) is 12.7. The minimum atomic E-state index is -3.76. The van der Waals surface area contributed by atoms with Gasteiger partial charge < -0.3 is 15.7 Å². The van der Waals surface area contributed by atoms with Gasteiger partial charge in [0.25, 0.3) is 10.0 Å². The van der Waals surface area contributed by atoms with Crippen LogP contribution in [0.25, 0.3) is 0 Å². The van der Waals surface area contributed by atoms with E-state index in [1.165, 1.54) is 14.7 Å². The summed E-state index contributed by atoms with van der Waals surface area (Å²) in [5.41, 5.74) is 1.60. The third-order valence-corrected chi connectivity index (χ3v) is 10.4. The molecule has 0 fully saturated rings. The highest BCUT2D eigenvalue weighted by atomic mass is 32.2. The standard InChI is InChI=1S/C21H31N5O3S4/c1-7-26(8-2)33(28,29)21-18(27)15(11-31-21)22-19-20(25-32-24-19)23-17(13(5)6)16-9-14(10-30-16)12(3)4/h9-13,17,27H,7-8H2,1-6H3,(H,22,24)(H,23,25)/t17-/m1/s1. The fraction of sp³-hybridized carbons (Fsp3) is 0.524. The molecule has 1 atom stereocenters. The van der Waals surface area contributed by atoms with E-state index in [-0.39, 0.29) is 16.0 Å². The monoisotopic (exact) mass is 529 g/mol. The second-order valence-electron chi connectivity index (χ2n) is 8.26. The van der Waals surface area contributed by atoms with Crippen molar-refractivity contribution in [3.05, 3.63) is 27.3 Å². The Balaban J connectivity index is 1.84. The molecule has 3 aromatic heterocycles. The van der Waals surface area contributed by atoms with Gasteiger partial charge in [0.15, 0.2) is 21.6 Å². The molecule has 8 nitrogen and oxygen atoms in total. The maximum absolute atomic E-state index is 12.8. The summed E-state index contributed by atoms with van der Waals surface area (Å²) in [7, 11) is -3.76. The predicted molar refractivity (Wildman–Crippen MR) is 139 cm³/mol. The highest BCUT2D eigenvalue weighted by Crippen LogP contribution is 2.42. The van der Waals surface area contributed by atoms with Crippen molar-refractivity contribution in [2.45, 2.75) is 57.7 Å². The number of thiophene rings is 2. The maximum Gasteiger partial charge on any atom is 0.256 e. The van der Waals surface area contributed by atoms with Crippen LogP contribution in [0.15, 0.2) is 21.0 Å². The number of nitrogens with one attached hydrogen (secondary N) is 2. The first kappa shape index (κ1) is 25.9. The minimum Gasteiger partial charge on any atom is -0.504 e. The van der Waals surface area contributed by atoms with Crippen LogP contribution < -0.4 is 10.6 Å². The quantitative estimate of drug-likeness (QED) is 0.276. The van der Waals surface area contributed by atoms with Crippen molar-refractivity contribution in [3.8, 4) is 5.75 Å². The lowest BCUT2D eigenvalue weighted by Gasteiger charge is -2.21. The van der Waals surface area contributed by atoms with Crippen molar-refractivity contribution >= 4 is 61.7 Å². The molecular weight excluding hydrogens is 499 g/mol. The Morgan fingerprint density at radius 2 is 1.73 bits per heavy atom. The number of aromatic hydroxyl groups is 1. The van der Waals surface area contributed by atoms with Crippen LogP contribution in [0.2, 0.25) is 0 Å². The molecule has 182 valence electrons. The highest BCUT2D eigenvalue weighted by molar-refractivity contribution is 7.91. The lowest BCUT2D eigenvalue weighted by molar-refractivity contribution is 0.434. The third-order valence-electron chi connectivity index (χ3n) is 5.33. The van der Waals surface area contributed by atoms with E-state index in [0.29, 0.717) is 42.2 Å². The van der Waals surface area contributed by atoms with Crippen LogP contribution in [-0.4, -0.2) is 39.7 Å². The average molecular weight is 530 g/mol. The first-order valence-corrected chi connectivity index (χ1v) is 14.8. The van der Waals surface area contributed by atoms with Crippen LogP contribution in [0.1, 0.15) is 63.9 Å². The first-order valence-electron chi connectivity index (χ1n) is 10.8. The Bertz CT molecular complexity index is 1160. The largest absolute Gasteiger partial charge is 0.504 e. The van der Waals surface area contributed by atoms with Crippen molar-refractivity contribution < 1.29 is 13.5 Å². The molecule has 0 saturated heterocycles. The molecule has 0 aliphatic carbocycles. The summed E-state index contributed by atoms with van der Waals surface area (Å²) in [4.78, 5) is 1.22. The Morgan fingerprint density at radius 1 is 1.06 bits per heavy atom. The van der Waals surface area contributed by atoms with E-state index in [1.54, 1.807) is 30.6 Å². The van der Waals surface area contributed by atoms with Gasteiger partial charge >= 0.3 is 0 Å². The van der Waals surface area contributed by atoms with Crippen LogP contribution in [-0.2, 0) is 10.0 Å². The molecule has 0 bridgehead atoms. The fourth-order valence-electron chi connectivity index (χ4n) is 3.33. The van der Waals surface area contributed by atoms with Gasteiger partial charge in [-0.3, -0.25) is 0 Å². The van der Waals surface area contributed by atoms with Gasteiger partial charge in [-0.25, -0.2) is 8.42 Å². The lowest BCUT2D eigenvalue weighted by atomic mass is 10.00. The Morgan fingerprint density at radius 3 is 2.30 bits per heavy atom. The molecule has 3 N–H and O–H groups in total. The van der Waals surface area contributed by atoms with Crippen molar-refractivity contribution in [1.29, 1.82) is 0 Å². The molecule has 12 heteroatoms. The zero-order valence-corrected chi connectivity index (χ0v) is 22.9. The van der Waals surface area contributed by atoms with Crippen LogP contribution in [0, 0.1) is 5.92 Å². The Hall–Kier alpha value is -1.73. The minimum absolute atomic E-state index is 0.0432. The Labute approximate surface area is 208 Å². The van der Waals surface area contributed by atoms with Crippen LogP contribution >= 0.6 is 34.4 Å². The fourth-order valence-corrected chi connectivity index (χ4v) is 7.93. The molecular formula is C21H31N5O3S4. The summed E-state index contributed by atoms with van der Waals surface area (Å²) in [5.74, 6) is 1.48. The van der Waals surface area contributed by atoms with Gasteiger partial charge in [-0.15, -0.1) is 22.7 Å². The molecule has 0 aliphatic rings. The van der Waals surface area contributed by atoms with E-state index in [9.17, 15) is 13.5 Å². The first-order chi connectivity index (χ1) is 15.6. The normalized spacial score (nSPS) is 13.2. The average Bonchev–Trinajstić information content (AvgIpc) is 3.48. The third kappa shape index (κ3) is 5.51.